The molecule has 1 aromatic carbocycles. The molecule has 4 nitrogen and oxygen atoms in total. The summed E-state index contributed by atoms with van der Waals surface area (Å²) in [5.41, 5.74) is 0.482. The maximum Gasteiger partial charge on any atom is 0.306 e. The molecule has 2 rings (SSSR count). The van der Waals surface area contributed by atoms with E-state index in [1.807, 2.05) is 30.3 Å². The van der Waals surface area contributed by atoms with E-state index in [9.17, 15) is 4.79 Å². The number of aliphatic carboxylic acids is 1. The summed E-state index contributed by atoms with van der Waals surface area (Å²) in [5.74, 6) is -0.810. The van der Waals surface area contributed by atoms with Crippen molar-refractivity contribution in [2.75, 3.05) is 13.2 Å². The molecular formula is C15H20O4. The van der Waals surface area contributed by atoms with Gasteiger partial charge in [-0.15, -0.1) is 0 Å². The van der Waals surface area contributed by atoms with E-state index >= 15 is 0 Å². The molecule has 0 aliphatic carbocycles. The van der Waals surface area contributed by atoms with Crippen LogP contribution in [0, 0.1) is 0 Å². The van der Waals surface area contributed by atoms with E-state index in [2.05, 4.69) is 0 Å². The number of carboxylic acids is 1. The normalized spacial score (nSPS) is 23.8. The van der Waals surface area contributed by atoms with Crippen LogP contribution < -0.4 is 0 Å². The Hall–Kier alpha value is -1.39. The van der Waals surface area contributed by atoms with Gasteiger partial charge in [0.1, 0.15) is 0 Å². The van der Waals surface area contributed by atoms with Crippen LogP contribution in [0.1, 0.15) is 31.2 Å². The first-order valence-electron chi connectivity index (χ1n) is 6.68. The fraction of sp³-hybridized carbons (Fsp3) is 0.533. The number of hydrogen-bond acceptors (Lipinski definition) is 3. The van der Waals surface area contributed by atoms with Gasteiger partial charge in [0.25, 0.3) is 0 Å². The molecule has 0 spiro atoms. The summed E-state index contributed by atoms with van der Waals surface area (Å²) in [6.07, 6.45) is 2.28. The van der Waals surface area contributed by atoms with E-state index in [4.69, 9.17) is 14.6 Å². The highest BCUT2D eigenvalue weighted by Crippen LogP contribution is 2.30. The van der Waals surface area contributed by atoms with Gasteiger partial charge < -0.3 is 14.6 Å². The Morgan fingerprint density at radius 3 is 2.79 bits per heavy atom. The number of ether oxygens (including phenoxy) is 2. The van der Waals surface area contributed by atoms with E-state index in [1.54, 1.807) is 0 Å². The van der Waals surface area contributed by atoms with Crippen molar-refractivity contribution in [3.8, 4) is 0 Å². The number of rotatable bonds is 5. The zero-order valence-corrected chi connectivity index (χ0v) is 11.0. The van der Waals surface area contributed by atoms with Crippen LogP contribution in [-0.4, -0.2) is 29.9 Å². The van der Waals surface area contributed by atoms with E-state index in [-0.39, 0.29) is 6.42 Å². The predicted octanol–water partition coefficient (Wildman–Crippen LogP) is 2.62. The molecule has 1 N–H and O–H groups in total. The molecule has 1 aliphatic rings. The van der Waals surface area contributed by atoms with Gasteiger partial charge in [-0.05, 0) is 18.4 Å². The van der Waals surface area contributed by atoms with Gasteiger partial charge in [-0.1, -0.05) is 30.3 Å². The third-order valence-corrected chi connectivity index (χ3v) is 3.48. The number of benzene rings is 1. The van der Waals surface area contributed by atoms with Crippen LogP contribution in [0.5, 0.6) is 0 Å². The maximum absolute atomic E-state index is 11.1. The average molecular weight is 264 g/mol. The topological polar surface area (TPSA) is 55.8 Å². The van der Waals surface area contributed by atoms with Crippen LogP contribution in [0.25, 0.3) is 0 Å². The number of hydrogen-bond donors (Lipinski definition) is 1. The molecule has 0 saturated carbocycles. The molecule has 0 bridgehead atoms. The average Bonchev–Trinajstić information content (AvgIpc) is 2.63. The Morgan fingerprint density at radius 1 is 1.26 bits per heavy atom. The van der Waals surface area contributed by atoms with Crippen molar-refractivity contribution in [2.24, 2.45) is 0 Å². The second kappa shape index (κ2) is 6.68. The Labute approximate surface area is 113 Å². The van der Waals surface area contributed by atoms with Gasteiger partial charge in [0.15, 0.2) is 0 Å². The summed E-state index contributed by atoms with van der Waals surface area (Å²) in [6.45, 7) is 1.71. The second-order valence-electron chi connectivity index (χ2n) is 4.99. The van der Waals surface area contributed by atoms with Gasteiger partial charge in [-0.3, -0.25) is 4.79 Å². The van der Waals surface area contributed by atoms with E-state index in [1.165, 1.54) is 0 Å². The lowest BCUT2D eigenvalue weighted by Gasteiger charge is -2.31. The standard InChI is InChI=1S/C15H20O4/c16-14(17)11-15(7-4-9-18-10-8-15)19-12-13-5-2-1-3-6-13/h1-3,5-6H,4,7-12H2,(H,16,17). The van der Waals surface area contributed by atoms with E-state index < -0.39 is 11.6 Å². The van der Waals surface area contributed by atoms with Gasteiger partial charge in [0.05, 0.1) is 18.6 Å². The molecule has 1 atom stereocenters. The fourth-order valence-corrected chi connectivity index (χ4v) is 2.44. The quantitative estimate of drug-likeness (QED) is 0.888. The van der Waals surface area contributed by atoms with Crippen LogP contribution in [0.4, 0.5) is 0 Å². The molecule has 0 amide bonds. The van der Waals surface area contributed by atoms with Gasteiger partial charge in [0, 0.05) is 19.6 Å². The zero-order valence-electron chi connectivity index (χ0n) is 11.0. The van der Waals surface area contributed by atoms with Crippen LogP contribution in [-0.2, 0) is 20.9 Å². The SMILES string of the molecule is O=C(O)CC1(OCc2ccccc2)CCCOCC1. The minimum atomic E-state index is -0.810. The third-order valence-electron chi connectivity index (χ3n) is 3.48. The Balaban J connectivity index is 2.02. The lowest BCUT2D eigenvalue weighted by molar-refractivity contribution is -0.148. The van der Waals surface area contributed by atoms with E-state index in [0.29, 0.717) is 26.2 Å². The lowest BCUT2D eigenvalue weighted by atomic mass is 9.90. The second-order valence-corrected chi connectivity index (χ2v) is 4.99. The van der Waals surface area contributed by atoms with Gasteiger partial charge in [0.2, 0.25) is 0 Å². The van der Waals surface area contributed by atoms with Crippen LogP contribution in [0.3, 0.4) is 0 Å². The molecule has 1 aromatic rings. The van der Waals surface area contributed by atoms with Crippen LogP contribution in [0.15, 0.2) is 30.3 Å². The van der Waals surface area contributed by atoms with Crippen molar-refractivity contribution < 1.29 is 19.4 Å². The van der Waals surface area contributed by atoms with Crippen molar-refractivity contribution in [2.45, 2.75) is 37.9 Å². The molecule has 4 heteroatoms. The molecule has 1 saturated heterocycles. The first kappa shape index (κ1) is 14.0. The van der Waals surface area contributed by atoms with Gasteiger partial charge in [-0.25, -0.2) is 0 Å². The molecule has 0 aromatic heterocycles. The minimum Gasteiger partial charge on any atom is -0.481 e. The van der Waals surface area contributed by atoms with Crippen molar-refractivity contribution in [1.82, 2.24) is 0 Å². The van der Waals surface area contributed by atoms with Crippen molar-refractivity contribution in [3.63, 3.8) is 0 Å². The summed E-state index contributed by atoms with van der Waals surface area (Å²) in [4.78, 5) is 11.1. The van der Waals surface area contributed by atoms with Gasteiger partial charge in [-0.2, -0.15) is 0 Å². The molecule has 19 heavy (non-hydrogen) atoms. The Kier molecular flexibility index (Phi) is 4.93. The summed E-state index contributed by atoms with van der Waals surface area (Å²) >= 11 is 0. The highest BCUT2D eigenvalue weighted by molar-refractivity contribution is 5.68. The zero-order chi connectivity index (χ0) is 13.6. The first-order valence-corrected chi connectivity index (χ1v) is 6.68. The summed E-state index contributed by atoms with van der Waals surface area (Å²) < 4.78 is 11.4. The summed E-state index contributed by atoms with van der Waals surface area (Å²) in [5, 5.41) is 9.10. The first-order chi connectivity index (χ1) is 9.20. The largest absolute Gasteiger partial charge is 0.481 e. The molecule has 1 fully saturated rings. The Bertz CT molecular complexity index is 394. The monoisotopic (exact) mass is 264 g/mol. The van der Waals surface area contributed by atoms with Crippen molar-refractivity contribution >= 4 is 5.97 Å². The van der Waals surface area contributed by atoms with Crippen LogP contribution >= 0.6 is 0 Å². The molecule has 0 radical (unpaired) electrons. The minimum absolute atomic E-state index is 0.0448. The molecule has 1 aliphatic heterocycles. The summed E-state index contributed by atoms with van der Waals surface area (Å²) in [6, 6.07) is 9.84. The van der Waals surface area contributed by atoms with Gasteiger partial charge >= 0.3 is 5.97 Å². The molecule has 104 valence electrons. The van der Waals surface area contributed by atoms with Crippen molar-refractivity contribution in [1.29, 1.82) is 0 Å². The van der Waals surface area contributed by atoms with Crippen molar-refractivity contribution in [3.05, 3.63) is 35.9 Å². The molecule has 1 heterocycles. The van der Waals surface area contributed by atoms with Crippen LogP contribution in [0.2, 0.25) is 0 Å². The van der Waals surface area contributed by atoms with E-state index in [0.717, 1.165) is 18.4 Å². The third kappa shape index (κ3) is 4.33. The molecular weight excluding hydrogens is 244 g/mol. The fourth-order valence-electron chi connectivity index (χ4n) is 2.44. The highest BCUT2D eigenvalue weighted by atomic mass is 16.5. The maximum atomic E-state index is 11.1. The number of carbonyl (C=O) groups is 1. The Morgan fingerprint density at radius 2 is 2.05 bits per heavy atom. The smallest absolute Gasteiger partial charge is 0.306 e. The number of carboxylic acid groups (broad SMARTS) is 1. The lowest BCUT2D eigenvalue weighted by Crippen LogP contribution is -2.35. The molecule has 1 unspecified atom stereocenters. The predicted molar refractivity (Wildman–Crippen MR) is 70.9 cm³/mol. The summed E-state index contributed by atoms with van der Waals surface area (Å²) in [7, 11) is 0. The highest BCUT2D eigenvalue weighted by Gasteiger charge is 2.34.